The van der Waals surface area contributed by atoms with Crippen molar-refractivity contribution in [3.8, 4) is 12.3 Å². The van der Waals surface area contributed by atoms with Gasteiger partial charge in [0.05, 0.1) is 16.8 Å². The Bertz CT molecular complexity index is 996. The molecule has 1 aromatic heterocycles. The van der Waals surface area contributed by atoms with Gasteiger partial charge < -0.3 is 4.57 Å². The number of amides is 1. The molecule has 0 aliphatic carbocycles. The van der Waals surface area contributed by atoms with Crippen LogP contribution >= 0.6 is 11.3 Å². The molecular formula is C20H17FN2OS. The second kappa shape index (κ2) is 7.91. The summed E-state index contributed by atoms with van der Waals surface area (Å²) < 4.78 is 16.4. The highest BCUT2D eigenvalue weighted by Crippen LogP contribution is 2.20. The van der Waals surface area contributed by atoms with E-state index >= 15 is 0 Å². The van der Waals surface area contributed by atoms with Crippen LogP contribution in [0.4, 0.5) is 4.39 Å². The smallest absolute Gasteiger partial charge is 0.248 e. The highest BCUT2D eigenvalue weighted by atomic mass is 32.1. The molecule has 1 heterocycles. The number of aromatic nitrogens is 1. The van der Waals surface area contributed by atoms with E-state index in [9.17, 15) is 9.18 Å². The van der Waals surface area contributed by atoms with Crippen LogP contribution in [0.15, 0.2) is 53.5 Å². The number of nitrogens with zero attached hydrogens (tertiary/aromatic N) is 2. The summed E-state index contributed by atoms with van der Waals surface area (Å²) in [5, 5.41) is 0. The fourth-order valence-corrected chi connectivity index (χ4v) is 3.72. The third kappa shape index (κ3) is 4.04. The number of halogens is 1. The molecule has 0 atom stereocenters. The number of para-hydroxylation sites is 1. The molecule has 0 aliphatic heterocycles. The Labute approximate surface area is 149 Å². The number of thiazole rings is 1. The molecule has 0 aliphatic rings. The number of aryl methyl sites for hydroxylation is 1. The summed E-state index contributed by atoms with van der Waals surface area (Å²) in [4.78, 5) is 16.8. The molecule has 0 bridgehead atoms. The van der Waals surface area contributed by atoms with Gasteiger partial charge in [-0.1, -0.05) is 53.7 Å². The molecule has 0 fully saturated rings. The molecule has 5 heteroatoms. The highest BCUT2D eigenvalue weighted by Gasteiger charge is 2.11. The van der Waals surface area contributed by atoms with E-state index in [0.29, 0.717) is 16.7 Å². The predicted molar refractivity (Wildman–Crippen MR) is 98.6 cm³/mol. The van der Waals surface area contributed by atoms with Crippen molar-refractivity contribution in [2.45, 2.75) is 25.8 Å². The van der Waals surface area contributed by atoms with Crippen LogP contribution in [0.3, 0.4) is 0 Å². The number of terminal acetylenes is 1. The summed E-state index contributed by atoms with van der Waals surface area (Å²) in [6, 6.07) is 14.8. The van der Waals surface area contributed by atoms with Crippen molar-refractivity contribution in [1.82, 2.24) is 4.57 Å². The van der Waals surface area contributed by atoms with E-state index in [1.54, 1.807) is 16.7 Å². The minimum atomic E-state index is -0.359. The minimum Gasteiger partial charge on any atom is -0.302 e. The van der Waals surface area contributed by atoms with Crippen molar-refractivity contribution in [1.29, 1.82) is 0 Å². The number of carbonyl (C=O) groups is 1. The third-order valence-corrected chi connectivity index (χ3v) is 4.86. The molecule has 126 valence electrons. The Kier molecular flexibility index (Phi) is 5.42. The lowest BCUT2D eigenvalue weighted by atomic mass is 10.1. The van der Waals surface area contributed by atoms with Crippen molar-refractivity contribution >= 4 is 27.5 Å². The molecule has 0 saturated carbocycles. The summed E-state index contributed by atoms with van der Waals surface area (Å²) >= 11 is 1.28. The number of carbonyl (C=O) groups excluding carboxylic acids is 1. The maximum Gasteiger partial charge on any atom is 0.248 e. The largest absolute Gasteiger partial charge is 0.302 e. The Morgan fingerprint density at radius 2 is 2.00 bits per heavy atom. The first-order valence-corrected chi connectivity index (χ1v) is 8.83. The molecule has 3 aromatic rings. The van der Waals surface area contributed by atoms with Crippen molar-refractivity contribution in [3.05, 3.63) is 64.7 Å². The summed E-state index contributed by atoms with van der Waals surface area (Å²) in [5.74, 6) is 1.93. The van der Waals surface area contributed by atoms with Crippen LogP contribution in [-0.2, 0) is 17.8 Å². The first-order chi connectivity index (χ1) is 12.2. The lowest BCUT2D eigenvalue weighted by Gasteiger charge is -2.01. The van der Waals surface area contributed by atoms with Gasteiger partial charge >= 0.3 is 0 Å². The minimum absolute atomic E-state index is 0.178. The molecule has 0 N–H and O–H groups in total. The third-order valence-electron chi connectivity index (χ3n) is 3.82. The zero-order valence-corrected chi connectivity index (χ0v) is 14.4. The van der Waals surface area contributed by atoms with Gasteiger partial charge in [-0.05, 0) is 30.5 Å². The van der Waals surface area contributed by atoms with Crippen molar-refractivity contribution in [2.75, 3.05) is 0 Å². The topological polar surface area (TPSA) is 34.4 Å². The van der Waals surface area contributed by atoms with E-state index < -0.39 is 0 Å². The predicted octanol–water partition coefficient (Wildman–Crippen LogP) is 3.93. The van der Waals surface area contributed by atoms with Crippen LogP contribution in [-0.4, -0.2) is 10.5 Å². The molecule has 0 radical (unpaired) electrons. The molecule has 2 aromatic carbocycles. The van der Waals surface area contributed by atoms with Crippen LogP contribution in [0.25, 0.3) is 10.2 Å². The SMILES string of the molecule is C#CCn1c(=NC(=O)CCCc2ccccc2)sc2cccc(F)c21. The number of rotatable bonds is 5. The summed E-state index contributed by atoms with van der Waals surface area (Å²) in [6.07, 6.45) is 7.29. The molecule has 3 nitrogen and oxygen atoms in total. The van der Waals surface area contributed by atoms with Crippen LogP contribution in [0.5, 0.6) is 0 Å². The van der Waals surface area contributed by atoms with E-state index in [-0.39, 0.29) is 18.3 Å². The molecule has 0 saturated heterocycles. The van der Waals surface area contributed by atoms with Gasteiger partial charge in [-0.3, -0.25) is 4.79 Å². The molecule has 1 amide bonds. The Morgan fingerprint density at radius 3 is 2.76 bits per heavy atom. The summed E-state index contributed by atoms with van der Waals surface area (Å²) in [6.45, 7) is 0.178. The Hall–Kier alpha value is -2.71. The van der Waals surface area contributed by atoms with Gasteiger partial charge in [-0.25, -0.2) is 4.39 Å². The lowest BCUT2D eigenvalue weighted by molar-refractivity contribution is -0.118. The van der Waals surface area contributed by atoms with E-state index in [0.717, 1.165) is 17.5 Å². The summed E-state index contributed by atoms with van der Waals surface area (Å²) in [7, 11) is 0. The molecule has 0 unspecified atom stereocenters. The first-order valence-electron chi connectivity index (χ1n) is 8.02. The number of fused-ring (bicyclic) bond motifs is 1. The Balaban J connectivity index is 1.80. The standard InChI is InChI=1S/C20H17FN2OS/c1-2-14-23-19-16(21)11-7-12-17(19)25-20(23)22-18(24)13-6-10-15-8-4-3-5-9-15/h1,3-5,7-9,11-12H,6,10,13-14H2. The van der Waals surface area contributed by atoms with Gasteiger partial charge in [0.2, 0.25) is 5.91 Å². The average Bonchev–Trinajstić information content (AvgIpc) is 2.95. The number of hydrogen-bond acceptors (Lipinski definition) is 2. The maximum atomic E-state index is 14.1. The number of benzene rings is 2. The van der Waals surface area contributed by atoms with Crippen molar-refractivity contribution in [3.63, 3.8) is 0 Å². The second-order valence-electron chi connectivity index (χ2n) is 5.61. The van der Waals surface area contributed by atoms with E-state index in [1.165, 1.54) is 23.0 Å². The summed E-state index contributed by atoms with van der Waals surface area (Å²) in [5.41, 5.74) is 1.60. The molecule has 0 spiro atoms. The quantitative estimate of drug-likeness (QED) is 0.641. The lowest BCUT2D eigenvalue weighted by Crippen LogP contribution is -2.17. The van der Waals surface area contributed by atoms with Gasteiger partial charge in [0, 0.05) is 6.42 Å². The van der Waals surface area contributed by atoms with Gasteiger partial charge in [0.15, 0.2) is 4.80 Å². The highest BCUT2D eigenvalue weighted by molar-refractivity contribution is 7.16. The molecule has 3 rings (SSSR count). The maximum absolute atomic E-state index is 14.1. The number of hydrogen-bond donors (Lipinski definition) is 0. The zero-order valence-electron chi connectivity index (χ0n) is 13.6. The Morgan fingerprint density at radius 1 is 1.20 bits per heavy atom. The van der Waals surface area contributed by atoms with Crippen LogP contribution in [0.2, 0.25) is 0 Å². The first kappa shape index (κ1) is 17.1. The van der Waals surface area contributed by atoms with Gasteiger partial charge in [-0.15, -0.1) is 6.42 Å². The fraction of sp³-hybridized carbons (Fsp3) is 0.200. The van der Waals surface area contributed by atoms with Crippen LogP contribution in [0.1, 0.15) is 18.4 Å². The van der Waals surface area contributed by atoms with E-state index in [2.05, 4.69) is 10.9 Å². The molecule has 25 heavy (non-hydrogen) atoms. The van der Waals surface area contributed by atoms with E-state index in [1.807, 2.05) is 30.3 Å². The second-order valence-corrected chi connectivity index (χ2v) is 6.62. The van der Waals surface area contributed by atoms with Crippen molar-refractivity contribution < 1.29 is 9.18 Å². The monoisotopic (exact) mass is 352 g/mol. The van der Waals surface area contributed by atoms with E-state index in [4.69, 9.17) is 6.42 Å². The van der Waals surface area contributed by atoms with Gasteiger partial charge in [-0.2, -0.15) is 4.99 Å². The van der Waals surface area contributed by atoms with Gasteiger partial charge in [0.1, 0.15) is 5.82 Å². The van der Waals surface area contributed by atoms with Gasteiger partial charge in [0.25, 0.3) is 0 Å². The molecular weight excluding hydrogens is 335 g/mol. The van der Waals surface area contributed by atoms with Crippen molar-refractivity contribution in [2.24, 2.45) is 4.99 Å². The zero-order chi connectivity index (χ0) is 17.6. The fourth-order valence-electron chi connectivity index (χ4n) is 2.66. The van der Waals surface area contributed by atoms with Crippen LogP contribution in [0, 0.1) is 18.2 Å². The van der Waals surface area contributed by atoms with Crippen LogP contribution < -0.4 is 4.80 Å². The normalized spacial score (nSPS) is 11.6. The average molecular weight is 352 g/mol.